The monoisotopic (exact) mass is 250 g/mol. The molecule has 1 aromatic carbocycles. The van der Waals surface area contributed by atoms with Crippen LogP contribution in [0.15, 0.2) is 24.4 Å². The fourth-order valence-electron chi connectivity index (χ4n) is 1.58. The van der Waals surface area contributed by atoms with Crippen LogP contribution >= 0.6 is 0 Å². The molecular weight excluding hydrogens is 235 g/mol. The highest BCUT2D eigenvalue weighted by Crippen LogP contribution is 2.25. The third-order valence-corrected chi connectivity index (χ3v) is 2.35. The molecule has 0 bridgehead atoms. The van der Waals surface area contributed by atoms with Crippen molar-refractivity contribution in [1.29, 1.82) is 0 Å². The number of aromatic nitrogens is 3. The van der Waals surface area contributed by atoms with Crippen LogP contribution in [0.2, 0.25) is 0 Å². The van der Waals surface area contributed by atoms with Crippen molar-refractivity contribution in [2.75, 3.05) is 11.9 Å². The van der Waals surface area contributed by atoms with Gasteiger partial charge in [-0.05, 0) is 19.1 Å². The molecule has 0 atom stereocenters. The fourth-order valence-corrected chi connectivity index (χ4v) is 1.58. The molecule has 1 heterocycles. The van der Waals surface area contributed by atoms with E-state index < -0.39 is 0 Å². The van der Waals surface area contributed by atoms with Gasteiger partial charge >= 0.3 is 0 Å². The molecule has 0 unspecified atom stereocenters. The minimum absolute atomic E-state index is 0.316. The normalized spacial score (nSPS) is 10.4. The summed E-state index contributed by atoms with van der Waals surface area (Å²) in [6, 6.07) is 4.40. The zero-order valence-corrected chi connectivity index (χ0v) is 10.4. The van der Waals surface area contributed by atoms with E-state index in [-0.39, 0.29) is 5.82 Å². The first-order valence-electron chi connectivity index (χ1n) is 5.70. The molecule has 0 fully saturated rings. The lowest BCUT2D eigenvalue weighted by atomic mass is 10.2. The smallest absolute Gasteiger partial charge is 0.145 e. The molecule has 2 aromatic rings. The molecule has 0 aliphatic carbocycles. The number of aryl methyl sites for hydroxylation is 1. The van der Waals surface area contributed by atoms with Gasteiger partial charge in [-0.2, -0.15) is 0 Å². The predicted molar refractivity (Wildman–Crippen MR) is 65.9 cm³/mol. The number of halogens is 1. The molecule has 0 aliphatic rings. The van der Waals surface area contributed by atoms with Crippen LogP contribution < -0.4 is 10.1 Å². The topological polar surface area (TPSA) is 52.0 Å². The quantitative estimate of drug-likeness (QED) is 0.881. The van der Waals surface area contributed by atoms with Gasteiger partial charge in [0.1, 0.15) is 17.3 Å². The number of nitrogens with one attached hydrogen (secondary N) is 1. The lowest BCUT2D eigenvalue weighted by Gasteiger charge is -2.11. The van der Waals surface area contributed by atoms with Crippen molar-refractivity contribution in [3.63, 3.8) is 0 Å². The first kappa shape index (κ1) is 12.3. The van der Waals surface area contributed by atoms with Crippen LogP contribution in [0.3, 0.4) is 0 Å². The van der Waals surface area contributed by atoms with E-state index in [0.717, 1.165) is 11.4 Å². The van der Waals surface area contributed by atoms with Gasteiger partial charge in [0.15, 0.2) is 0 Å². The Labute approximate surface area is 105 Å². The highest BCUT2D eigenvalue weighted by Gasteiger charge is 2.06. The van der Waals surface area contributed by atoms with Crippen LogP contribution in [0.5, 0.6) is 5.75 Å². The van der Waals surface area contributed by atoms with Gasteiger partial charge in [-0.15, -0.1) is 5.10 Å². The van der Waals surface area contributed by atoms with Gasteiger partial charge in [0.2, 0.25) is 0 Å². The van der Waals surface area contributed by atoms with Crippen LogP contribution in [0.25, 0.3) is 0 Å². The van der Waals surface area contributed by atoms with Gasteiger partial charge in [0.05, 0.1) is 18.8 Å². The van der Waals surface area contributed by atoms with E-state index in [0.29, 0.717) is 18.9 Å². The highest BCUT2D eigenvalue weighted by atomic mass is 19.1. The summed E-state index contributed by atoms with van der Waals surface area (Å²) < 4.78 is 20.1. The van der Waals surface area contributed by atoms with Crippen LogP contribution in [-0.2, 0) is 13.6 Å². The first-order valence-corrected chi connectivity index (χ1v) is 5.70. The van der Waals surface area contributed by atoms with E-state index in [2.05, 4.69) is 15.6 Å². The number of nitrogens with zero attached hydrogens (tertiary/aromatic N) is 3. The van der Waals surface area contributed by atoms with E-state index >= 15 is 0 Å². The van der Waals surface area contributed by atoms with E-state index in [9.17, 15) is 4.39 Å². The summed E-state index contributed by atoms with van der Waals surface area (Å²) in [5.41, 5.74) is 1.55. The standard InChI is InChI=1S/C12H15FN4O/c1-3-18-12-6-9(13)4-5-11(12)14-7-10-8-17(2)16-15-10/h4-6,8,14H,3,7H2,1-2H3. The van der Waals surface area contributed by atoms with Crippen molar-refractivity contribution in [2.45, 2.75) is 13.5 Å². The molecule has 2 rings (SSSR count). The Kier molecular flexibility index (Phi) is 3.76. The number of hydrogen-bond donors (Lipinski definition) is 1. The average Bonchev–Trinajstić information content (AvgIpc) is 2.75. The summed E-state index contributed by atoms with van der Waals surface area (Å²) >= 11 is 0. The lowest BCUT2D eigenvalue weighted by molar-refractivity contribution is 0.339. The summed E-state index contributed by atoms with van der Waals surface area (Å²) in [6.45, 7) is 2.86. The SMILES string of the molecule is CCOc1cc(F)ccc1NCc1cn(C)nn1. The van der Waals surface area contributed by atoms with Gasteiger partial charge < -0.3 is 10.1 Å². The Morgan fingerprint density at radius 3 is 2.94 bits per heavy atom. The maximum Gasteiger partial charge on any atom is 0.145 e. The minimum atomic E-state index is -0.316. The lowest BCUT2D eigenvalue weighted by Crippen LogP contribution is -2.03. The third kappa shape index (κ3) is 2.97. The Hall–Kier alpha value is -2.11. The maximum atomic E-state index is 13.1. The van der Waals surface area contributed by atoms with Crippen LogP contribution in [0.4, 0.5) is 10.1 Å². The van der Waals surface area contributed by atoms with Gasteiger partial charge in [0, 0.05) is 19.3 Å². The van der Waals surface area contributed by atoms with Crippen LogP contribution in [-0.4, -0.2) is 21.6 Å². The Bertz CT molecular complexity index is 527. The summed E-state index contributed by atoms with van der Waals surface area (Å²) in [5, 5.41) is 10.9. The molecule has 5 nitrogen and oxygen atoms in total. The largest absolute Gasteiger partial charge is 0.492 e. The van der Waals surface area contributed by atoms with Crippen LogP contribution in [0, 0.1) is 5.82 Å². The number of rotatable bonds is 5. The zero-order chi connectivity index (χ0) is 13.0. The fraction of sp³-hybridized carbons (Fsp3) is 0.333. The van der Waals surface area contributed by atoms with Crippen molar-refractivity contribution in [3.05, 3.63) is 35.9 Å². The molecular formula is C12H15FN4O. The van der Waals surface area contributed by atoms with Crippen molar-refractivity contribution in [1.82, 2.24) is 15.0 Å². The molecule has 0 spiro atoms. The third-order valence-electron chi connectivity index (χ3n) is 2.35. The predicted octanol–water partition coefficient (Wildman–Crippen LogP) is 1.96. The molecule has 0 radical (unpaired) electrons. The Morgan fingerprint density at radius 2 is 2.28 bits per heavy atom. The van der Waals surface area contributed by atoms with Gasteiger partial charge in [-0.25, -0.2) is 4.39 Å². The molecule has 0 saturated carbocycles. The maximum absolute atomic E-state index is 13.1. The van der Waals surface area contributed by atoms with Gasteiger partial charge in [-0.1, -0.05) is 5.21 Å². The van der Waals surface area contributed by atoms with Gasteiger partial charge in [-0.3, -0.25) is 4.68 Å². The molecule has 0 saturated heterocycles. The zero-order valence-electron chi connectivity index (χ0n) is 10.4. The minimum Gasteiger partial charge on any atom is -0.492 e. The Balaban J connectivity index is 2.08. The number of hydrogen-bond acceptors (Lipinski definition) is 4. The summed E-state index contributed by atoms with van der Waals surface area (Å²) in [4.78, 5) is 0. The molecule has 96 valence electrons. The summed E-state index contributed by atoms with van der Waals surface area (Å²) in [5.74, 6) is 0.185. The summed E-state index contributed by atoms with van der Waals surface area (Å²) in [6.07, 6.45) is 1.82. The molecule has 1 aromatic heterocycles. The van der Waals surface area contributed by atoms with Crippen molar-refractivity contribution in [3.8, 4) is 5.75 Å². The van der Waals surface area contributed by atoms with E-state index in [1.165, 1.54) is 12.1 Å². The second kappa shape index (κ2) is 5.48. The highest BCUT2D eigenvalue weighted by molar-refractivity contribution is 5.56. The van der Waals surface area contributed by atoms with Crippen molar-refractivity contribution in [2.24, 2.45) is 7.05 Å². The average molecular weight is 250 g/mol. The summed E-state index contributed by atoms with van der Waals surface area (Å²) in [7, 11) is 1.81. The Morgan fingerprint density at radius 1 is 1.44 bits per heavy atom. The number of benzene rings is 1. The number of anilines is 1. The van der Waals surface area contributed by atoms with E-state index in [1.807, 2.05) is 13.1 Å². The van der Waals surface area contributed by atoms with Crippen LogP contribution in [0.1, 0.15) is 12.6 Å². The van der Waals surface area contributed by atoms with Crippen molar-refractivity contribution >= 4 is 5.69 Å². The molecule has 0 aliphatic heterocycles. The second-order valence-electron chi connectivity index (χ2n) is 3.81. The molecule has 6 heteroatoms. The molecule has 18 heavy (non-hydrogen) atoms. The first-order chi connectivity index (χ1) is 8.69. The number of ether oxygens (including phenoxy) is 1. The molecule has 0 amide bonds. The second-order valence-corrected chi connectivity index (χ2v) is 3.81. The van der Waals surface area contributed by atoms with E-state index in [4.69, 9.17) is 4.74 Å². The van der Waals surface area contributed by atoms with Crippen molar-refractivity contribution < 1.29 is 9.13 Å². The van der Waals surface area contributed by atoms with E-state index in [1.54, 1.807) is 17.8 Å². The molecule has 1 N–H and O–H groups in total. The van der Waals surface area contributed by atoms with Gasteiger partial charge in [0.25, 0.3) is 0 Å².